The fourth-order valence-electron chi connectivity index (χ4n) is 2.46. The van der Waals surface area contributed by atoms with E-state index in [2.05, 4.69) is 4.90 Å². The Labute approximate surface area is 122 Å². The lowest BCUT2D eigenvalue weighted by Crippen LogP contribution is -2.50. The largest absolute Gasteiger partial charge is 0.461 e. The molecule has 21 heavy (non-hydrogen) atoms. The molecule has 1 aliphatic rings. The molecule has 1 aromatic heterocycles. The van der Waals surface area contributed by atoms with E-state index in [-0.39, 0.29) is 5.76 Å². The van der Waals surface area contributed by atoms with Gasteiger partial charge in [-0.05, 0) is 24.3 Å². The van der Waals surface area contributed by atoms with Crippen LogP contribution in [0.1, 0.15) is 10.6 Å². The highest BCUT2D eigenvalue weighted by atomic mass is 16.3. The molecule has 0 radical (unpaired) electrons. The van der Waals surface area contributed by atoms with Gasteiger partial charge in [-0.25, -0.2) is 0 Å². The van der Waals surface area contributed by atoms with Gasteiger partial charge in [-0.1, -0.05) is 18.2 Å². The van der Waals surface area contributed by atoms with Gasteiger partial charge in [0, 0.05) is 31.9 Å². The maximum atomic E-state index is 12.1. The van der Waals surface area contributed by atoms with Crippen molar-refractivity contribution in [1.29, 1.82) is 0 Å². The Kier molecular flexibility index (Phi) is 3.73. The number of piperazine rings is 1. The van der Waals surface area contributed by atoms with Gasteiger partial charge in [-0.3, -0.25) is 9.59 Å². The Morgan fingerprint density at radius 1 is 0.905 bits per heavy atom. The lowest BCUT2D eigenvalue weighted by molar-refractivity contribution is -0.126. The molecule has 0 spiro atoms. The Balaban J connectivity index is 1.61. The van der Waals surface area contributed by atoms with E-state index in [1.54, 1.807) is 11.0 Å². The van der Waals surface area contributed by atoms with Crippen LogP contribution in [0, 0.1) is 0 Å². The number of anilines is 1. The maximum absolute atomic E-state index is 12.1. The highest BCUT2D eigenvalue weighted by Crippen LogP contribution is 2.16. The lowest BCUT2D eigenvalue weighted by Gasteiger charge is -2.35. The first-order chi connectivity index (χ1) is 10.3. The van der Waals surface area contributed by atoms with E-state index in [0.717, 1.165) is 18.8 Å². The summed E-state index contributed by atoms with van der Waals surface area (Å²) >= 11 is 0. The zero-order valence-corrected chi connectivity index (χ0v) is 11.6. The summed E-state index contributed by atoms with van der Waals surface area (Å²) in [5, 5.41) is 0. The second kappa shape index (κ2) is 5.83. The molecule has 0 unspecified atom stereocenters. The van der Waals surface area contributed by atoms with Crippen molar-refractivity contribution in [2.75, 3.05) is 31.1 Å². The summed E-state index contributed by atoms with van der Waals surface area (Å²) in [6, 6.07) is 13.2. The van der Waals surface area contributed by atoms with E-state index in [0.29, 0.717) is 13.1 Å². The molecule has 1 aliphatic heterocycles. The van der Waals surface area contributed by atoms with E-state index in [9.17, 15) is 9.59 Å². The fraction of sp³-hybridized carbons (Fsp3) is 0.250. The van der Waals surface area contributed by atoms with Crippen molar-refractivity contribution < 1.29 is 14.0 Å². The van der Waals surface area contributed by atoms with Crippen LogP contribution in [0.5, 0.6) is 0 Å². The Morgan fingerprint density at radius 2 is 1.62 bits per heavy atom. The quantitative estimate of drug-likeness (QED) is 0.637. The Morgan fingerprint density at radius 3 is 2.24 bits per heavy atom. The highest BCUT2D eigenvalue weighted by molar-refractivity contribution is 6.41. The number of carbonyl (C=O) groups excluding carboxylic acids is 2. The van der Waals surface area contributed by atoms with Gasteiger partial charge in [-0.2, -0.15) is 0 Å². The van der Waals surface area contributed by atoms with E-state index in [1.165, 1.54) is 12.3 Å². The second-order valence-corrected chi connectivity index (χ2v) is 4.92. The number of rotatable bonds is 3. The zero-order chi connectivity index (χ0) is 14.7. The van der Waals surface area contributed by atoms with Crippen molar-refractivity contribution in [2.24, 2.45) is 0 Å². The standard InChI is InChI=1S/C16H16N2O3/c19-15(14-7-4-12-21-14)16(20)18-10-8-17(9-11-18)13-5-2-1-3-6-13/h1-7,12H,8-11H2. The number of furan rings is 1. The molecular weight excluding hydrogens is 268 g/mol. The van der Waals surface area contributed by atoms with Crippen LogP contribution in [-0.4, -0.2) is 42.8 Å². The predicted octanol–water partition coefficient (Wildman–Crippen LogP) is 1.81. The number of nitrogens with zero attached hydrogens (tertiary/aromatic N) is 2. The minimum Gasteiger partial charge on any atom is -0.461 e. The third kappa shape index (κ3) is 2.81. The third-order valence-electron chi connectivity index (χ3n) is 3.63. The monoisotopic (exact) mass is 284 g/mol. The molecule has 5 heteroatoms. The number of hydrogen-bond acceptors (Lipinski definition) is 4. The van der Waals surface area contributed by atoms with Gasteiger partial charge >= 0.3 is 0 Å². The average Bonchev–Trinajstić information content (AvgIpc) is 3.09. The number of ketones is 1. The molecule has 1 fully saturated rings. The molecule has 1 saturated heterocycles. The molecule has 108 valence electrons. The van der Waals surface area contributed by atoms with Crippen molar-refractivity contribution >= 4 is 17.4 Å². The fourth-order valence-corrected chi connectivity index (χ4v) is 2.46. The van der Waals surface area contributed by atoms with Crippen LogP contribution in [0.25, 0.3) is 0 Å². The predicted molar refractivity (Wildman–Crippen MR) is 78.3 cm³/mol. The molecule has 1 amide bonds. The number of benzene rings is 1. The summed E-state index contributed by atoms with van der Waals surface area (Å²) in [7, 11) is 0. The molecule has 0 atom stereocenters. The van der Waals surface area contributed by atoms with Crippen molar-refractivity contribution in [2.45, 2.75) is 0 Å². The Bertz CT molecular complexity index is 614. The summed E-state index contributed by atoms with van der Waals surface area (Å²) in [6.07, 6.45) is 1.40. The minimum atomic E-state index is -0.576. The van der Waals surface area contributed by atoms with Gasteiger partial charge in [0.1, 0.15) is 0 Å². The molecule has 3 rings (SSSR count). The smallest absolute Gasteiger partial charge is 0.298 e. The van der Waals surface area contributed by atoms with Crippen LogP contribution in [0.4, 0.5) is 5.69 Å². The van der Waals surface area contributed by atoms with E-state index in [4.69, 9.17) is 4.42 Å². The molecule has 2 aromatic rings. The van der Waals surface area contributed by atoms with E-state index >= 15 is 0 Å². The van der Waals surface area contributed by atoms with Crippen LogP contribution in [-0.2, 0) is 4.79 Å². The van der Waals surface area contributed by atoms with Crippen LogP contribution in [0.3, 0.4) is 0 Å². The first kappa shape index (κ1) is 13.4. The first-order valence-electron chi connectivity index (χ1n) is 6.93. The van der Waals surface area contributed by atoms with Gasteiger partial charge < -0.3 is 14.2 Å². The van der Waals surface area contributed by atoms with Crippen LogP contribution in [0.2, 0.25) is 0 Å². The van der Waals surface area contributed by atoms with E-state index in [1.807, 2.05) is 30.3 Å². The number of Topliss-reactive ketones (excluding diaryl/α,β-unsaturated/α-hetero) is 1. The van der Waals surface area contributed by atoms with Crippen molar-refractivity contribution in [3.8, 4) is 0 Å². The summed E-state index contributed by atoms with van der Waals surface area (Å²) in [4.78, 5) is 27.9. The number of amides is 1. The molecule has 5 nitrogen and oxygen atoms in total. The highest BCUT2D eigenvalue weighted by Gasteiger charge is 2.28. The molecule has 0 N–H and O–H groups in total. The number of carbonyl (C=O) groups is 2. The van der Waals surface area contributed by atoms with Gasteiger partial charge in [0.2, 0.25) is 0 Å². The summed E-state index contributed by atoms with van der Waals surface area (Å²) in [6.45, 7) is 2.53. The van der Waals surface area contributed by atoms with Gasteiger partial charge in [-0.15, -0.1) is 0 Å². The number of hydrogen-bond donors (Lipinski definition) is 0. The number of para-hydroxylation sites is 1. The summed E-state index contributed by atoms with van der Waals surface area (Å²) < 4.78 is 4.99. The molecule has 1 aromatic carbocycles. The van der Waals surface area contributed by atoms with Crippen molar-refractivity contribution in [3.63, 3.8) is 0 Å². The summed E-state index contributed by atoms with van der Waals surface area (Å²) in [5.41, 5.74) is 1.14. The Hall–Kier alpha value is -2.56. The van der Waals surface area contributed by atoms with Gasteiger partial charge in [0.15, 0.2) is 5.76 Å². The topological polar surface area (TPSA) is 53.8 Å². The lowest BCUT2D eigenvalue weighted by atomic mass is 10.2. The van der Waals surface area contributed by atoms with Crippen molar-refractivity contribution in [1.82, 2.24) is 4.90 Å². The van der Waals surface area contributed by atoms with Gasteiger partial charge in [0.25, 0.3) is 11.7 Å². The SMILES string of the molecule is O=C(C(=O)N1CCN(c2ccccc2)CC1)c1ccco1. The molecule has 2 heterocycles. The first-order valence-corrected chi connectivity index (χ1v) is 6.93. The van der Waals surface area contributed by atoms with Crippen molar-refractivity contribution in [3.05, 3.63) is 54.5 Å². The van der Waals surface area contributed by atoms with Crippen LogP contribution < -0.4 is 4.90 Å². The summed E-state index contributed by atoms with van der Waals surface area (Å²) in [5.74, 6) is -0.962. The maximum Gasteiger partial charge on any atom is 0.298 e. The second-order valence-electron chi connectivity index (χ2n) is 4.92. The average molecular weight is 284 g/mol. The van der Waals surface area contributed by atoms with Crippen LogP contribution in [0.15, 0.2) is 53.1 Å². The molecule has 0 aliphatic carbocycles. The van der Waals surface area contributed by atoms with E-state index < -0.39 is 11.7 Å². The minimum absolute atomic E-state index is 0.102. The normalized spacial score (nSPS) is 15.0. The molecule has 0 bridgehead atoms. The van der Waals surface area contributed by atoms with Gasteiger partial charge in [0.05, 0.1) is 6.26 Å². The third-order valence-corrected chi connectivity index (χ3v) is 3.63. The molecule has 0 saturated carbocycles. The molecular formula is C16H16N2O3. The zero-order valence-electron chi connectivity index (χ0n) is 11.6. The van der Waals surface area contributed by atoms with Crippen LogP contribution >= 0.6 is 0 Å².